The first-order chi connectivity index (χ1) is 9.79. The first kappa shape index (κ1) is 14.4. The van der Waals surface area contributed by atoms with Gasteiger partial charge in [-0.05, 0) is 30.2 Å². The highest BCUT2D eigenvalue weighted by Crippen LogP contribution is 2.15. The SMILES string of the molecule is CCc1ccccc1NCC(O)COc1ccccc1. The van der Waals surface area contributed by atoms with E-state index >= 15 is 0 Å². The van der Waals surface area contributed by atoms with Gasteiger partial charge in [0.1, 0.15) is 18.5 Å². The fourth-order valence-corrected chi connectivity index (χ4v) is 2.00. The van der Waals surface area contributed by atoms with E-state index in [0.29, 0.717) is 6.54 Å². The van der Waals surface area contributed by atoms with Gasteiger partial charge in [0, 0.05) is 12.2 Å². The summed E-state index contributed by atoms with van der Waals surface area (Å²) in [4.78, 5) is 0. The minimum atomic E-state index is -0.542. The molecule has 2 aromatic carbocycles. The molecule has 0 amide bonds. The minimum Gasteiger partial charge on any atom is -0.491 e. The molecule has 0 fully saturated rings. The van der Waals surface area contributed by atoms with Crippen molar-refractivity contribution in [2.45, 2.75) is 19.4 Å². The van der Waals surface area contributed by atoms with Crippen LogP contribution in [0.25, 0.3) is 0 Å². The third-order valence-electron chi connectivity index (χ3n) is 3.11. The Morgan fingerprint density at radius 2 is 1.75 bits per heavy atom. The zero-order valence-corrected chi connectivity index (χ0v) is 11.8. The van der Waals surface area contributed by atoms with Crippen LogP contribution in [0.5, 0.6) is 5.75 Å². The molecule has 1 unspecified atom stereocenters. The number of rotatable bonds is 7. The molecule has 2 N–H and O–H groups in total. The Bertz CT molecular complexity index is 513. The van der Waals surface area contributed by atoms with Gasteiger partial charge in [-0.1, -0.05) is 43.3 Å². The number of aliphatic hydroxyl groups excluding tert-OH is 1. The maximum atomic E-state index is 9.95. The van der Waals surface area contributed by atoms with Gasteiger partial charge in [-0.15, -0.1) is 0 Å². The lowest BCUT2D eigenvalue weighted by molar-refractivity contribution is 0.117. The minimum absolute atomic E-state index is 0.283. The molecule has 0 aliphatic carbocycles. The predicted molar refractivity (Wildman–Crippen MR) is 82.3 cm³/mol. The van der Waals surface area contributed by atoms with E-state index < -0.39 is 6.10 Å². The Kier molecular flexibility index (Phi) is 5.44. The molecule has 3 nitrogen and oxygen atoms in total. The van der Waals surface area contributed by atoms with E-state index in [1.54, 1.807) is 0 Å². The molecule has 0 aromatic heterocycles. The number of ether oxygens (including phenoxy) is 1. The zero-order valence-electron chi connectivity index (χ0n) is 11.8. The summed E-state index contributed by atoms with van der Waals surface area (Å²) in [5.74, 6) is 0.778. The fraction of sp³-hybridized carbons (Fsp3) is 0.294. The van der Waals surface area contributed by atoms with E-state index in [9.17, 15) is 5.11 Å². The van der Waals surface area contributed by atoms with Gasteiger partial charge in [0.25, 0.3) is 0 Å². The van der Waals surface area contributed by atoms with Crippen molar-refractivity contribution >= 4 is 5.69 Å². The van der Waals surface area contributed by atoms with E-state index in [1.807, 2.05) is 48.5 Å². The molecule has 0 heterocycles. The molecule has 2 rings (SSSR count). The Morgan fingerprint density at radius 1 is 1.05 bits per heavy atom. The van der Waals surface area contributed by atoms with Gasteiger partial charge in [-0.3, -0.25) is 0 Å². The second-order valence-electron chi connectivity index (χ2n) is 4.67. The summed E-state index contributed by atoms with van der Waals surface area (Å²) in [7, 11) is 0. The average Bonchev–Trinajstić information content (AvgIpc) is 2.52. The van der Waals surface area contributed by atoms with Gasteiger partial charge in [0.15, 0.2) is 0 Å². The molecular weight excluding hydrogens is 250 g/mol. The largest absolute Gasteiger partial charge is 0.491 e. The fourth-order valence-electron chi connectivity index (χ4n) is 2.00. The summed E-state index contributed by atoms with van der Waals surface area (Å²) in [5, 5.41) is 13.2. The van der Waals surface area contributed by atoms with Crippen molar-refractivity contribution in [3.05, 3.63) is 60.2 Å². The highest BCUT2D eigenvalue weighted by Gasteiger charge is 2.06. The van der Waals surface area contributed by atoms with Crippen LogP contribution in [0.3, 0.4) is 0 Å². The van der Waals surface area contributed by atoms with Crippen LogP contribution in [-0.2, 0) is 6.42 Å². The summed E-state index contributed by atoms with van der Waals surface area (Å²) in [6, 6.07) is 17.7. The molecule has 0 radical (unpaired) electrons. The zero-order chi connectivity index (χ0) is 14.2. The van der Waals surface area contributed by atoms with Crippen molar-refractivity contribution < 1.29 is 9.84 Å². The van der Waals surface area contributed by atoms with Gasteiger partial charge in [0.05, 0.1) is 0 Å². The van der Waals surface area contributed by atoms with Crippen LogP contribution in [0.1, 0.15) is 12.5 Å². The summed E-state index contributed by atoms with van der Waals surface area (Å²) in [6.45, 7) is 2.88. The first-order valence-electron chi connectivity index (χ1n) is 6.97. The van der Waals surface area contributed by atoms with Gasteiger partial charge in [0.2, 0.25) is 0 Å². The van der Waals surface area contributed by atoms with E-state index in [-0.39, 0.29) is 6.61 Å². The summed E-state index contributed by atoms with van der Waals surface area (Å²) < 4.78 is 5.52. The number of hydrogen-bond donors (Lipinski definition) is 2. The summed E-state index contributed by atoms with van der Waals surface area (Å²) >= 11 is 0. The van der Waals surface area contributed by atoms with Crippen LogP contribution in [0.2, 0.25) is 0 Å². The van der Waals surface area contributed by atoms with Crippen LogP contribution >= 0.6 is 0 Å². The standard InChI is InChI=1S/C17H21NO2/c1-2-14-8-6-7-11-17(14)18-12-15(19)13-20-16-9-4-3-5-10-16/h3-11,15,18-19H,2,12-13H2,1H3. The van der Waals surface area contributed by atoms with Crippen LogP contribution in [0, 0.1) is 0 Å². The van der Waals surface area contributed by atoms with Crippen LogP contribution in [0.4, 0.5) is 5.69 Å². The lowest BCUT2D eigenvalue weighted by Gasteiger charge is -2.15. The Hall–Kier alpha value is -2.00. The molecule has 20 heavy (non-hydrogen) atoms. The molecule has 0 bridgehead atoms. The maximum absolute atomic E-state index is 9.95. The summed E-state index contributed by atoms with van der Waals surface area (Å²) in [5.41, 5.74) is 2.33. The van der Waals surface area contributed by atoms with Crippen molar-refractivity contribution in [1.82, 2.24) is 0 Å². The van der Waals surface area contributed by atoms with E-state index in [1.165, 1.54) is 5.56 Å². The summed E-state index contributed by atoms with van der Waals surface area (Å²) in [6.07, 6.45) is 0.430. The smallest absolute Gasteiger partial charge is 0.119 e. The van der Waals surface area contributed by atoms with Gasteiger partial charge in [-0.25, -0.2) is 0 Å². The monoisotopic (exact) mass is 271 g/mol. The highest BCUT2D eigenvalue weighted by molar-refractivity contribution is 5.51. The number of hydrogen-bond acceptors (Lipinski definition) is 3. The van der Waals surface area contributed by atoms with Crippen molar-refractivity contribution in [3.63, 3.8) is 0 Å². The van der Waals surface area contributed by atoms with Crippen LogP contribution in [0.15, 0.2) is 54.6 Å². The Labute approximate surface area is 120 Å². The van der Waals surface area contributed by atoms with Gasteiger partial charge in [-0.2, -0.15) is 0 Å². The number of nitrogens with one attached hydrogen (secondary N) is 1. The second kappa shape index (κ2) is 7.56. The number of anilines is 1. The molecule has 3 heteroatoms. The predicted octanol–water partition coefficient (Wildman–Crippen LogP) is 3.10. The average molecular weight is 271 g/mol. The number of aliphatic hydroxyl groups is 1. The van der Waals surface area contributed by atoms with Crippen molar-refractivity contribution in [2.75, 3.05) is 18.5 Å². The van der Waals surface area contributed by atoms with Gasteiger partial charge < -0.3 is 15.2 Å². The van der Waals surface area contributed by atoms with Gasteiger partial charge >= 0.3 is 0 Å². The molecule has 2 aromatic rings. The molecule has 106 valence electrons. The Balaban J connectivity index is 1.79. The normalized spacial score (nSPS) is 11.9. The number of benzene rings is 2. The Morgan fingerprint density at radius 3 is 2.50 bits per heavy atom. The number of aryl methyl sites for hydroxylation is 1. The van der Waals surface area contributed by atoms with E-state index in [0.717, 1.165) is 17.9 Å². The lowest BCUT2D eigenvalue weighted by atomic mass is 10.1. The molecule has 0 spiro atoms. The quantitative estimate of drug-likeness (QED) is 0.813. The molecule has 0 saturated carbocycles. The third kappa shape index (κ3) is 4.28. The van der Waals surface area contributed by atoms with Crippen molar-refractivity contribution in [2.24, 2.45) is 0 Å². The molecule has 0 saturated heterocycles. The lowest BCUT2D eigenvalue weighted by Crippen LogP contribution is -2.26. The third-order valence-corrected chi connectivity index (χ3v) is 3.11. The van der Waals surface area contributed by atoms with Crippen molar-refractivity contribution in [1.29, 1.82) is 0 Å². The van der Waals surface area contributed by atoms with E-state index in [2.05, 4.69) is 18.3 Å². The molecular formula is C17H21NO2. The van der Waals surface area contributed by atoms with Crippen molar-refractivity contribution in [3.8, 4) is 5.75 Å². The second-order valence-corrected chi connectivity index (χ2v) is 4.67. The maximum Gasteiger partial charge on any atom is 0.119 e. The molecule has 1 atom stereocenters. The first-order valence-corrected chi connectivity index (χ1v) is 6.97. The molecule has 0 aliphatic rings. The van der Waals surface area contributed by atoms with E-state index in [4.69, 9.17) is 4.74 Å². The topological polar surface area (TPSA) is 41.5 Å². The van der Waals surface area contributed by atoms with Crippen LogP contribution < -0.4 is 10.1 Å². The number of para-hydroxylation sites is 2. The van der Waals surface area contributed by atoms with Crippen LogP contribution in [-0.4, -0.2) is 24.4 Å². The molecule has 0 aliphatic heterocycles. The highest BCUT2D eigenvalue weighted by atomic mass is 16.5.